The van der Waals surface area contributed by atoms with E-state index >= 15 is 0 Å². The van der Waals surface area contributed by atoms with Crippen molar-refractivity contribution in [1.29, 1.82) is 0 Å². The van der Waals surface area contributed by atoms with Gasteiger partial charge in [-0.1, -0.05) is 35.7 Å². The minimum atomic E-state index is -0.385. The van der Waals surface area contributed by atoms with Gasteiger partial charge in [-0.15, -0.1) is 22.7 Å². The van der Waals surface area contributed by atoms with E-state index in [0.717, 1.165) is 13.6 Å². The largest absolute Gasteiger partial charge is 0.269 e. The molecule has 96 valence electrons. The summed E-state index contributed by atoms with van der Waals surface area (Å²) < 4.78 is 3.39. The minimum Gasteiger partial charge on any atom is -0.258 e. The van der Waals surface area contributed by atoms with Crippen LogP contribution in [-0.4, -0.2) is 4.92 Å². The molecule has 2 aromatic rings. The first-order valence-corrected chi connectivity index (χ1v) is 8.80. The average molecular weight is 344 g/mol. The quantitative estimate of drug-likeness (QED) is 0.401. The Morgan fingerprint density at radius 2 is 1.79 bits per heavy atom. The van der Waals surface area contributed by atoms with Gasteiger partial charge in [-0.2, -0.15) is 0 Å². The summed E-state index contributed by atoms with van der Waals surface area (Å²) in [5.41, 5.74) is 1.11. The van der Waals surface area contributed by atoms with Crippen molar-refractivity contribution in [3.63, 3.8) is 0 Å². The summed E-state index contributed by atoms with van der Waals surface area (Å²) in [5, 5.41) is 12.7. The number of non-ortho nitro benzene ring substituents is 1. The molecule has 8 heteroatoms. The van der Waals surface area contributed by atoms with Gasteiger partial charge in [0, 0.05) is 17.0 Å². The molecular weight excluding hydrogens is 338 g/mol. The fourth-order valence-corrected chi connectivity index (χ4v) is 7.40. The van der Waals surface area contributed by atoms with Crippen LogP contribution in [0.5, 0.6) is 0 Å². The van der Waals surface area contributed by atoms with Gasteiger partial charge in [0.25, 0.3) is 5.69 Å². The summed E-state index contributed by atoms with van der Waals surface area (Å²) in [5.74, 6) is 0. The first-order chi connectivity index (χ1) is 9.13. The van der Waals surface area contributed by atoms with Crippen LogP contribution in [0.3, 0.4) is 0 Å². The lowest BCUT2D eigenvalue weighted by Gasteiger charge is -2.11. The molecule has 1 aliphatic heterocycles. The second kappa shape index (κ2) is 5.37. The third-order valence-corrected chi connectivity index (χ3v) is 7.91. The number of nitro groups is 1. The molecule has 3 rings (SSSR count). The van der Waals surface area contributed by atoms with Crippen molar-refractivity contribution in [2.45, 2.75) is 8.42 Å². The number of fused-ring (bicyclic) bond motifs is 1. The van der Waals surface area contributed by atoms with Crippen LogP contribution in [0.2, 0.25) is 0 Å². The Morgan fingerprint density at radius 3 is 2.47 bits per heavy atom. The highest BCUT2D eigenvalue weighted by Gasteiger charge is 2.17. The molecule has 3 nitrogen and oxygen atoms in total. The van der Waals surface area contributed by atoms with Gasteiger partial charge in [0.2, 0.25) is 0 Å². The molecule has 2 heterocycles. The number of thioether (sulfide) groups is 2. The third kappa shape index (κ3) is 2.77. The van der Waals surface area contributed by atoms with Gasteiger partial charge in [-0.3, -0.25) is 10.1 Å². The van der Waals surface area contributed by atoms with Gasteiger partial charge < -0.3 is 0 Å². The molecule has 0 N–H and O–H groups in total. The molecule has 0 bridgehead atoms. The second-order valence-electron chi connectivity index (χ2n) is 3.54. The molecule has 0 saturated heterocycles. The lowest BCUT2D eigenvalue weighted by atomic mass is 10.2. The monoisotopic (exact) mass is 343 g/mol. The first kappa shape index (κ1) is 13.3. The number of nitrogens with zero attached hydrogens (tertiary/aromatic N) is 1. The average Bonchev–Trinajstić information content (AvgIpc) is 2.77. The van der Waals surface area contributed by atoms with Gasteiger partial charge in [-0.25, -0.2) is 0 Å². The van der Waals surface area contributed by atoms with Crippen LogP contribution in [0, 0.1) is 13.3 Å². The number of nitro benzene ring substituents is 1. The van der Waals surface area contributed by atoms with Gasteiger partial charge in [0.05, 0.1) is 13.3 Å². The Hall–Kier alpha value is -0.670. The minimum absolute atomic E-state index is 0.115. The van der Waals surface area contributed by atoms with Crippen LogP contribution in [0.25, 0.3) is 4.91 Å². The molecule has 0 atom stereocenters. The fraction of sp³-hybridized carbons (Fsp3) is 0. The Morgan fingerprint density at radius 1 is 1.11 bits per heavy atom. The standard InChI is InChI=1S/C11H5NO2S5/c13-12(14)7-3-1-6(2-4-7)8-5-16-9-10(17-8)19-11(15)18-9/h1-5H. The van der Waals surface area contributed by atoms with E-state index < -0.39 is 0 Å². The summed E-state index contributed by atoms with van der Waals surface area (Å²) >= 11 is 11.8. The Labute approximate surface area is 130 Å². The van der Waals surface area contributed by atoms with Gasteiger partial charge >= 0.3 is 0 Å². The number of hydrogen-bond donors (Lipinski definition) is 0. The zero-order chi connectivity index (χ0) is 13.4. The smallest absolute Gasteiger partial charge is 0.258 e. The van der Waals surface area contributed by atoms with E-state index in [9.17, 15) is 10.1 Å². The van der Waals surface area contributed by atoms with E-state index in [1.54, 1.807) is 58.3 Å². The van der Waals surface area contributed by atoms with Gasteiger partial charge in [0.15, 0.2) is 0 Å². The Bertz CT molecular complexity index is 728. The molecule has 1 aromatic heterocycles. The van der Waals surface area contributed by atoms with Crippen LogP contribution < -0.4 is 0 Å². The molecule has 1 aromatic carbocycles. The highest BCUT2D eigenvalue weighted by Crippen LogP contribution is 2.51. The lowest BCUT2D eigenvalue weighted by molar-refractivity contribution is -0.384. The summed E-state index contributed by atoms with van der Waals surface area (Å²) in [6.07, 6.45) is 0. The van der Waals surface area contributed by atoms with E-state index in [1.807, 2.05) is 0 Å². The van der Waals surface area contributed by atoms with Gasteiger partial charge in [0.1, 0.15) is 3.14 Å². The molecule has 0 spiro atoms. The molecule has 0 unspecified atom stereocenters. The lowest BCUT2D eigenvalue weighted by Crippen LogP contribution is -1.88. The van der Waals surface area contributed by atoms with E-state index in [-0.39, 0.29) is 10.6 Å². The molecule has 19 heavy (non-hydrogen) atoms. The predicted octanol–water partition coefficient (Wildman–Crippen LogP) is 5.64. The first-order valence-electron chi connectivity index (χ1n) is 5.07. The number of benzene rings is 1. The third-order valence-electron chi connectivity index (χ3n) is 2.36. The van der Waals surface area contributed by atoms with Crippen molar-refractivity contribution < 1.29 is 4.92 Å². The van der Waals surface area contributed by atoms with Crippen LogP contribution in [0.15, 0.2) is 38.1 Å². The Balaban J connectivity index is 1.89. The molecule has 0 saturated carbocycles. The second-order valence-corrected chi connectivity index (χ2v) is 9.21. The summed E-state index contributed by atoms with van der Waals surface area (Å²) in [4.78, 5) is 11.4. The topological polar surface area (TPSA) is 43.1 Å². The predicted molar refractivity (Wildman–Crippen MR) is 85.8 cm³/mol. The normalized spacial score (nSPS) is 13.8. The number of rotatable bonds is 2. The van der Waals surface area contributed by atoms with Crippen LogP contribution in [-0.2, 0) is 0 Å². The van der Waals surface area contributed by atoms with E-state index in [1.165, 1.54) is 20.6 Å². The summed E-state index contributed by atoms with van der Waals surface area (Å²) in [6, 6.07) is 6.64. The Kier molecular flexibility index (Phi) is 3.77. The highest BCUT2D eigenvalue weighted by atomic mass is 32.2. The zero-order valence-corrected chi connectivity index (χ0v) is 13.3. The summed E-state index contributed by atoms with van der Waals surface area (Å²) in [7, 11) is 0. The number of hydrogen-bond acceptors (Lipinski definition) is 7. The van der Waals surface area contributed by atoms with Crippen molar-refractivity contribution in [2.75, 3.05) is 0 Å². The molecule has 1 aliphatic rings. The van der Waals surface area contributed by atoms with Crippen LogP contribution >= 0.6 is 58.4 Å². The maximum absolute atomic E-state index is 10.6. The molecule has 0 aliphatic carbocycles. The maximum atomic E-state index is 10.6. The molecular formula is C11H5NO2S5. The van der Waals surface area contributed by atoms with Crippen LogP contribution in [0.1, 0.15) is 5.56 Å². The molecule has 0 radical (unpaired) electrons. The van der Waals surface area contributed by atoms with E-state index in [0.29, 0.717) is 0 Å². The van der Waals surface area contributed by atoms with Crippen LogP contribution in [0.4, 0.5) is 5.69 Å². The SMILES string of the molecule is O=[N+]([O-])c1ccc(C2=CSc3sc(=S)sc3S2)cc1. The molecule has 0 amide bonds. The van der Waals surface area contributed by atoms with Crippen molar-refractivity contribution in [3.05, 3.63) is 48.5 Å². The summed E-state index contributed by atoms with van der Waals surface area (Å²) in [6.45, 7) is 0. The van der Waals surface area contributed by atoms with Gasteiger partial charge in [-0.05, 0) is 23.1 Å². The van der Waals surface area contributed by atoms with E-state index in [4.69, 9.17) is 12.2 Å². The van der Waals surface area contributed by atoms with Crippen molar-refractivity contribution >= 4 is 69.0 Å². The molecule has 0 fully saturated rings. The van der Waals surface area contributed by atoms with Crippen molar-refractivity contribution in [2.24, 2.45) is 0 Å². The maximum Gasteiger partial charge on any atom is 0.269 e. The highest BCUT2D eigenvalue weighted by molar-refractivity contribution is 8.15. The van der Waals surface area contributed by atoms with Crippen molar-refractivity contribution in [3.8, 4) is 0 Å². The zero-order valence-electron chi connectivity index (χ0n) is 9.19. The van der Waals surface area contributed by atoms with E-state index in [2.05, 4.69) is 5.41 Å². The van der Waals surface area contributed by atoms with Crippen molar-refractivity contribution in [1.82, 2.24) is 0 Å². The fourth-order valence-electron chi connectivity index (χ4n) is 1.50.